The van der Waals surface area contributed by atoms with Gasteiger partial charge in [0.15, 0.2) is 5.82 Å². The van der Waals surface area contributed by atoms with Crippen LogP contribution >= 0.6 is 0 Å². The predicted molar refractivity (Wildman–Crippen MR) is 86.8 cm³/mol. The van der Waals surface area contributed by atoms with Crippen LogP contribution in [0.3, 0.4) is 0 Å². The molecule has 0 aliphatic heterocycles. The van der Waals surface area contributed by atoms with Crippen LogP contribution in [0.2, 0.25) is 0 Å². The highest BCUT2D eigenvalue weighted by Crippen LogP contribution is 2.30. The summed E-state index contributed by atoms with van der Waals surface area (Å²) < 4.78 is 6.84. The van der Waals surface area contributed by atoms with E-state index in [0.29, 0.717) is 17.3 Å². The number of aromatic nitrogens is 4. The summed E-state index contributed by atoms with van der Waals surface area (Å²) in [6.45, 7) is 1.87. The summed E-state index contributed by atoms with van der Waals surface area (Å²) in [4.78, 5) is 19.1. The van der Waals surface area contributed by atoms with E-state index in [0.717, 1.165) is 5.56 Å². The van der Waals surface area contributed by atoms with E-state index >= 15 is 0 Å². The lowest BCUT2D eigenvalue weighted by molar-refractivity contribution is -0.384. The normalized spacial score (nSPS) is 10.4. The van der Waals surface area contributed by atoms with Crippen molar-refractivity contribution in [1.29, 1.82) is 0 Å². The molecule has 2 heterocycles. The molecule has 0 radical (unpaired) electrons. The van der Waals surface area contributed by atoms with Crippen LogP contribution in [-0.2, 0) is 0 Å². The molecule has 9 heteroatoms. The molecule has 24 heavy (non-hydrogen) atoms. The third-order valence-electron chi connectivity index (χ3n) is 3.31. The third kappa shape index (κ3) is 3.00. The maximum atomic E-state index is 11.0. The molecule has 0 amide bonds. The highest BCUT2D eigenvalue weighted by Gasteiger charge is 2.13. The molecule has 0 atom stereocenters. The van der Waals surface area contributed by atoms with E-state index in [1.807, 2.05) is 6.92 Å². The highest BCUT2D eigenvalue weighted by atomic mass is 16.6. The zero-order valence-corrected chi connectivity index (χ0v) is 13.0. The molecule has 3 aromatic rings. The first kappa shape index (κ1) is 15.4. The average molecular weight is 326 g/mol. The van der Waals surface area contributed by atoms with Crippen molar-refractivity contribution in [3.63, 3.8) is 0 Å². The van der Waals surface area contributed by atoms with Crippen LogP contribution in [-0.4, -0.2) is 31.8 Å². The topological polar surface area (TPSA) is 108 Å². The Morgan fingerprint density at radius 2 is 2.21 bits per heavy atom. The third-order valence-corrected chi connectivity index (χ3v) is 3.31. The first-order valence-corrected chi connectivity index (χ1v) is 7.01. The van der Waals surface area contributed by atoms with Gasteiger partial charge in [0.1, 0.15) is 5.75 Å². The Bertz CT molecular complexity index is 879. The number of methoxy groups -OCH3 is 1. The Hall–Kier alpha value is -3.49. The van der Waals surface area contributed by atoms with Crippen molar-refractivity contribution in [3.05, 3.63) is 58.5 Å². The largest absolute Gasteiger partial charge is 0.495 e. The Kier molecular flexibility index (Phi) is 4.06. The molecular weight excluding hydrogens is 312 g/mol. The van der Waals surface area contributed by atoms with Crippen molar-refractivity contribution in [2.45, 2.75) is 6.92 Å². The Morgan fingerprint density at radius 3 is 2.88 bits per heavy atom. The molecule has 0 bridgehead atoms. The molecular formula is C15H14N6O3. The summed E-state index contributed by atoms with van der Waals surface area (Å²) in [6.07, 6.45) is 5.07. The molecule has 0 saturated carbocycles. The molecule has 122 valence electrons. The molecule has 3 rings (SSSR count). The van der Waals surface area contributed by atoms with Crippen LogP contribution in [0.25, 0.3) is 5.82 Å². The summed E-state index contributed by atoms with van der Waals surface area (Å²) in [5.41, 5.74) is 1.19. The van der Waals surface area contributed by atoms with Crippen LogP contribution in [0.4, 0.5) is 17.3 Å². The fourth-order valence-corrected chi connectivity index (χ4v) is 2.15. The maximum absolute atomic E-state index is 11.0. The molecule has 0 aliphatic carbocycles. The number of hydrogen-bond donors (Lipinski definition) is 1. The van der Waals surface area contributed by atoms with Crippen LogP contribution < -0.4 is 10.1 Å². The van der Waals surface area contributed by atoms with Crippen molar-refractivity contribution >= 4 is 17.3 Å². The van der Waals surface area contributed by atoms with Gasteiger partial charge in [-0.2, -0.15) is 10.1 Å². The zero-order chi connectivity index (χ0) is 17.1. The molecule has 0 spiro atoms. The van der Waals surface area contributed by atoms with Gasteiger partial charge in [-0.15, -0.1) is 0 Å². The number of nitrogens with zero attached hydrogens (tertiary/aromatic N) is 5. The van der Waals surface area contributed by atoms with E-state index in [9.17, 15) is 10.1 Å². The first-order valence-electron chi connectivity index (χ1n) is 7.01. The molecule has 0 unspecified atom stereocenters. The molecule has 0 aliphatic rings. The monoisotopic (exact) mass is 326 g/mol. The molecule has 2 aromatic heterocycles. The van der Waals surface area contributed by atoms with Crippen molar-refractivity contribution in [2.75, 3.05) is 12.4 Å². The summed E-state index contributed by atoms with van der Waals surface area (Å²) in [7, 11) is 1.48. The lowest BCUT2D eigenvalue weighted by Gasteiger charge is -2.11. The van der Waals surface area contributed by atoms with Gasteiger partial charge in [-0.05, 0) is 19.1 Å². The molecule has 9 nitrogen and oxygen atoms in total. The van der Waals surface area contributed by atoms with Crippen LogP contribution in [0.15, 0.2) is 42.9 Å². The predicted octanol–water partition coefficient (Wildman–Crippen LogP) is 2.63. The SMILES string of the molecule is COc1ccc([N+](=O)[O-])cc1Nc1ncc(C)c(-n2cccn2)n1. The maximum Gasteiger partial charge on any atom is 0.271 e. The van der Waals surface area contributed by atoms with Gasteiger partial charge < -0.3 is 10.1 Å². The van der Waals surface area contributed by atoms with Crippen LogP contribution in [0, 0.1) is 17.0 Å². The molecule has 1 N–H and O–H groups in total. The minimum Gasteiger partial charge on any atom is -0.495 e. The van der Waals surface area contributed by atoms with E-state index in [2.05, 4.69) is 20.4 Å². The molecule has 1 aromatic carbocycles. The fourth-order valence-electron chi connectivity index (χ4n) is 2.15. The number of nitro groups is 1. The van der Waals surface area contributed by atoms with Gasteiger partial charge in [0.2, 0.25) is 5.95 Å². The fraction of sp³-hybridized carbons (Fsp3) is 0.133. The molecule has 0 fully saturated rings. The minimum atomic E-state index is -0.476. The van der Waals surface area contributed by atoms with Gasteiger partial charge in [-0.25, -0.2) is 9.67 Å². The summed E-state index contributed by atoms with van der Waals surface area (Å²) in [5, 5.41) is 18.1. The van der Waals surface area contributed by atoms with Crippen molar-refractivity contribution in [2.24, 2.45) is 0 Å². The number of rotatable bonds is 5. The first-order chi connectivity index (χ1) is 11.6. The Balaban J connectivity index is 1.98. The van der Waals surface area contributed by atoms with Gasteiger partial charge in [-0.1, -0.05) is 0 Å². The molecule has 0 saturated heterocycles. The lowest BCUT2D eigenvalue weighted by atomic mass is 10.2. The van der Waals surface area contributed by atoms with Crippen LogP contribution in [0.1, 0.15) is 5.56 Å². The Labute approximate surface area is 137 Å². The number of benzene rings is 1. The van der Waals surface area contributed by atoms with Crippen LogP contribution in [0.5, 0.6) is 5.75 Å². The number of anilines is 2. The minimum absolute atomic E-state index is 0.0577. The Morgan fingerprint density at radius 1 is 1.38 bits per heavy atom. The van der Waals surface area contributed by atoms with Crippen molar-refractivity contribution < 1.29 is 9.66 Å². The zero-order valence-electron chi connectivity index (χ0n) is 13.0. The quantitative estimate of drug-likeness (QED) is 0.567. The van der Waals surface area contributed by atoms with E-state index in [-0.39, 0.29) is 11.6 Å². The summed E-state index contributed by atoms with van der Waals surface area (Å²) >= 11 is 0. The number of ether oxygens (including phenoxy) is 1. The van der Waals surface area contributed by atoms with E-state index in [1.165, 1.54) is 25.3 Å². The van der Waals surface area contributed by atoms with Crippen molar-refractivity contribution in [3.8, 4) is 11.6 Å². The average Bonchev–Trinajstić information content (AvgIpc) is 3.10. The van der Waals surface area contributed by atoms with Gasteiger partial charge in [0, 0.05) is 36.3 Å². The van der Waals surface area contributed by atoms with Gasteiger partial charge in [-0.3, -0.25) is 10.1 Å². The standard InChI is InChI=1S/C15H14N6O3/c1-10-9-16-15(19-14(10)20-7-3-6-17-20)18-12-8-11(21(22)23)4-5-13(12)24-2/h3-9H,1-2H3,(H,16,18,19). The second-order valence-electron chi connectivity index (χ2n) is 4.92. The summed E-state index contributed by atoms with van der Waals surface area (Å²) in [6, 6.07) is 6.05. The number of hydrogen-bond acceptors (Lipinski definition) is 7. The van der Waals surface area contributed by atoms with E-state index in [1.54, 1.807) is 29.3 Å². The van der Waals surface area contributed by atoms with E-state index in [4.69, 9.17) is 4.74 Å². The highest BCUT2D eigenvalue weighted by molar-refractivity contribution is 5.66. The number of nitrogens with one attached hydrogen (secondary N) is 1. The van der Waals surface area contributed by atoms with E-state index < -0.39 is 4.92 Å². The lowest BCUT2D eigenvalue weighted by Crippen LogP contribution is -2.06. The number of non-ortho nitro benzene ring substituents is 1. The second kappa shape index (κ2) is 6.32. The summed E-state index contributed by atoms with van der Waals surface area (Å²) in [5.74, 6) is 1.34. The number of aryl methyl sites for hydroxylation is 1. The van der Waals surface area contributed by atoms with Gasteiger partial charge in [0.25, 0.3) is 5.69 Å². The van der Waals surface area contributed by atoms with Gasteiger partial charge in [0.05, 0.1) is 17.7 Å². The number of nitro benzene ring substituents is 1. The van der Waals surface area contributed by atoms with Gasteiger partial charge >= 0.3 is 0 Å². The smallest absolute Gasteiger partial charge is 0.271 e. The van der Waals surface area contributed by atoms with Crippen molar-refractivity contribution in [1.82, 2.24) is 19.7 Å². The second-order valence-corrected chi connectivity index (χ2v) is 4.92.